The van der Waals surface area contributed by atoms with Gasteiger partial charge < -0.3 is 5.73 Å². The summed E-state index contributed by atoms with van der Waals surface area (Å²) < 4.78 is 0. The molecule has 0 unspecified atom stereocenters. The van der Waals surface area contributed by atoms with Crippen molar-refractivity contribution in [1.29, 1.82) is 0 Å². The zero-order valence-corrected chi connectivity index (χ0v) is 9.03. The van der Waals surface area contributed by atoms with Crippen LogP contribution in [-0.2, 0) is 0 Å². The van der Waals surface area contributed by atoms with Crippen LogP contribution in [0.3, 0.4) is 0 Å². The second-order valence-electron chi connectivity index (χ2n) is 2.78. The number of hydrogen-bond acceptors (Lipinski definition) is 2. The number of benzene rings is 1. The van der Waals surface area contributed by atoms with Gasteiger partial charge in [0.1, 0.15) is 0 Å². The SMILES string of the molecule is C/C(=C/Cl)CSc1ccccc1N. The Morgan fingerprint density at radius 3 is 2.85 bits per heavy atom. The Kier molecular flexibility index (Phi) is 4.19. The van der Waals surface area contributed by atoms with Gasteiger partial charge in [-0.2, -0.15) is 0 Å². The summed E-state index contributed by atoms with van der Waals surface area (Å²) in [4.78, 5) is 1.11. The van der Waals surface area contributed by atoms with Crippen molar-refractivity contribution in [2.24, 2.45) is 0 Å². The number of hydrogen-bond donors (Lipinski definition) is 1. The van der Waals surface area contributed by atoms with E-state index in [-0.39, 0.29) is 0 Å². The molecule has 13 heavy (non-hydrogen) atoms. The number of anilines is 1. The second kappa shape index (κ2) is 5.20. The molecule has 3 heteroatoms. The van der Waals surface area contributed by atoms with Crippen molar-refractivity contribution in [1.82, 2.24) is 0 Å². The average Bonchev–Trinajstić information content (AvgIpc) is 2.16. The molecule has 1 aromatic rings. The molecule has 0 spiro atoms. The predicted octanol–water partition coefficient (Wildman–Crippen LogP) is 3.50. The van der Waals surface area contributed by atoms with E-state index in [0.29, 0.717) is 0 Å². The second-order valence-corrected chi connectivity index (χ2v) is 4.02. The first-order chi connectivity index (χ1) is 6.24. The maximum Gasteiger partial charge on any atom is 0.0452 e. The maximum atomic E-state index is 5.77. The molecule has 0 aliphatic heterocycles. The summed E-state index contributed by atoms with van der Waals surface area (Å²) in [5.41, 5.74) is 9.35. The van der Waals surface area contributed by atoms with Crippen molar-refractivity contribution in [2.45, 2.75) is 11.8 Å². The van der Waals surface area contributed by atoms with Gasteiger partial charge in [-0.05, 0) is 19.1 Å². The number of nitrogen functional groups attached to an aromatic ring is 1. The van der Waals surface area contributed by atoms with E-state index in [2.05, 4.69) is 0 Å². The van der Waals surface area contributed by atoms with Crippen LogP contribution in [0.5, 0.6) is 0 Å². The first-order valence-corrected chi connectivity index (χ1v) is 5.39. The van der Waals surface area contributed by atoms with E-state index in [4.69, 9.17) is 17.3 Å². The molecule has 0 radical (unpaired) electrons. The molecule has 0 saturated carbocycles. The summed E-state index contributed by atoms with van der Waals surface area (Å²) in [5.74, 6) is 0.887. The third-order valence-electron chi connectivity index (χ3n) is 1.56. The molecule has 0 aliphatic carbocycles. The smallest absolute Gasteiger partial charge is 0.0452 e. The maximum absolute atomic E-state index is 5.77. The lowest BCUT2D eigenvalue weighted by atomic mass is 10.3. The van der Waals surface area contributed by atoms with E-state index >= 15 is 0 Å². The minimum atomic E-state index is 0.829. The van der Waals surface area contributed by atoms with Crippen LogP contribution in [0.2, 0.25) is 0 Å². The molecule has 0 atom stereocenters. The molecule has 0 bridgehead atoms. The third-order valence-corrected chi connectivity index (χ3v) is 3.22. The highest BCUT2D eigenvalue weighted by Crippen LogP contribution is 2.25. The highest BCUT2D eigenvalue weighted by atomic mass is 35.5. The van der Waals surface area contributed by atoms with Crippen LogP contribution in [0, 0.1) is 0 Å². The molecule has 1 rings (SSSR count). The van der Waals surface area contributed by atoms with Gasteiger partial charge in [0.2, 0.25) is 0 Å². The van der Waals surface area contributed by atoms with E-state index < -0.39 is 0 Å². The number of para-hydroxylation sites is 1. The van der Waals surface area contributed by atoms with Crippen molar-refractivity contribution in [3.8, 4) is 0 Å². The van der Waals surface area contributed by atoms with Crippen molar-refractivity contribution in [2.75, 3.05) is 11.5 Å². The standard InChI is InChI=1S/C10H12ClNS/c1-8(6-11)7-13-10-5-3-2-4-9(10)12/h2-6H,7,12H2,1H3/b8-6-. The molecule has 2 N–H and O–H groups in total. The molecule has 0 saturated heterocycles. The Labute approximate surface area is 88.0 Å². The highest BCUT2D eigenvalue weighted by molar-refractivity contribution is 7.99. The van der Waals surface area contributed by atoms with E-state index in [0.717, 1.165) is 21.9 Å². The van der Waals surface area contributed by atoms with Gasteiger partial charge in [0.25, 0.3) is 0 Å². The molecular formula is C10H12ClNS. The number of nitrogens with two attached hydrogens (primary N) is 1. The normalized spacial score (nSPS) is 11.7. The molecule has 0 aromatic heterocycles. The van der Waals surface area contributed by atoms with E-state index in [9.17, 15) is 0 Å². The molecule has 0 amide bonds. The van der Waals surface area contributed by atoms with Gasteiger partial charge in [0, 0.05) is 21.9 Å². The first kappa shape index (κ1) is 10.5. The minimum Gasteiger partial charge on any atom is -0.398 e. The molecule has 0 heterocycles. The van der Waals surface area contributed by atoms with Crippen molar-refractivity contribution >= 4 is 29.1 Å². The Bertz CT molecular complexity index is 310. The van der Waals surface area contributed by atoms with Gasteiger partial charge in [-0.1, -0.05) is 29.3 Å². The average molecular weight is 214 g/mol. The van der Waals surface area contributed by atoms with Gasteiger partial charge in [-0.3, -0.25) is 0 Å². The summed E-state index contributed by atoms with van der Waals surface area (Å²) in [7, 11) is 0. The van der Waals surface area contributed by atoms with Gasteiger partial charge in [-0.15, -0.1) is 11.8 Å². The van der Waals surface area contributed by atoms with Gasteiger partial charge in [0.15, 0.2) is 0 Å². The minimum absolute atomic E-state index is 0.829. The van der Waals surface area contributed by atoms with Gasteiger partial charge in [-0.25, -0.2) is 0 Å². The van der Waals surface area contributed by atoms with Gasteiger partial charge >= 0.3 is 0 Å². The first-order valence-electron chi connectivity index (χ1n) is 3.97. The van der Waals surface area contributed by atoms with E-state index in [1.54, 1.807) is 17.3 Å². The molecule has 70 valence electrons. The quantitative estimate of drug-likeness (QED) is 0.615. The highest BCUT2D eigenvalue weighted by Gasteiger charge is 1.98. The molecular weight excluding hydrogens is 202 g/mol. The third kappa shape index (κ3) is 3.33. The monoisotopic (exact) mass is 213 g/mol. The van der Waals surface area contributed by atoms with Crippen molar-refractivity contribution in [3.63, 3.8) is 0 Å². The Hall–Kier alpha value is -0.600. The Balaban J connectivity index is 2.60. The molecule has 0 aliphatic rings. The zero-order valence-electron chi connectivity index (χ0n) is 7.46. The topological polar surface area (TPSA) is 26.0 Å². The number of halogens is 1. The van der Waals surface area contributed by atoms with Crippen molar-refractivity contribution in [3.05, 3.63) is 35.4 Å². The summed E-state index contributed by atoms with van der Waals surface area (Å²) in [6.45, 7) is 2.00. The number of rotatable bonds is 3. The fourth-order valence-corrected chi connectivity index (χ4v) is 1.88. The Morgan fingerprint density at radius 2 is 2.23 bits per heavy atom. The van der Waals surface area contributed by atoms with Crippen LogP contribution in [-0.4, -0.2) is 5.75 Å². The summed E-state index contributed by atoms with van der Waals surface area (Å²) in [6, 6.07) is 7.84. The molecule has 1 aromatic carbocycles. The lowest BCUT2D eigenvalue weighted by Crippen LogP contribution is -1.88. The van der Waals surface area contributed by atoms with Crippen LogP contribution in [0.4, 0.5) is 5.69 Å². The van der Waals surface area contributed by atoms with Crippen LogP contribution in [0.25, 0.3) is 0 Å². The van der Waals surface area contributed by atoms with E-state index in [1.807, 2.05) is 31.2 Å². The Morgan fingerprint density at radius 1 is 1.54 bits per heavy atom. The van der Waals surface area contributed by atoms with Crippen LogP contribution < -0.4 is 5.73 Å². The van der Waals surface area contributed by atoms with Crippen molar-refractivity contribution < 1.29 is 0 Å². The molecule has 1 nitrogen and oxygen atoms in total. The van der Waals surface area contributed by atoms with Crippen LogP contribution in [0.1, 0.15) is 6.92 Å². The van der Waals surface area contributed by atoms with Crippen LogP contribution >= 0.6 is 23.4 Å². The lowest BCUT2D eigenvalue weighted by Gasteiger charge is -2.03. The number of thioether (sulfide) groups is 1. The zero-order chi connectivity index (χ0) is 9.68. The summed E-state index contributed by atoms with van der Waals surface area (Å²) in [6.07, 6.45) is 0. The largest absolute Gasteiger partial charge is 0.398 e. The summed E-state index contributed by atoms with van der Waals surface area (Å²) >= 11 is 7.25. The molecule has 0 fully saturated rings. The van der Waals surface area contributed by atoms with E-state index in [1.165, 1.54) is 0 Å². The summed E-state index contributed by atoms with van der Waals surface area (Å²) in [5, 5.41) is 0. The lowest BCUT2D eigenvalue weighted by molar-refractivity contribution is 1.40. The van der Waals surface area contributed by atoms with Gasteiger partial charge in [0.05, 0.1) is 0 Å². The fourth-order valence-electron chi connectivity index (χ4n) is 0.835. The fraction of sp³-hybridized carbons (Fsp3) is 0.200. The van der Waals surface area contributed by atoms with Crippen LogP contribution in [0.15, 0.2) is 40.3 Å². The predicted molar refractivity (Wildman–Crippen MR) is 61.2 cm³/mol.